The zero-order valence-electron chi connectivity index (χ0n) is 16.7. The maximum absolute atomic E-state index is 13.1. The highest BCUT2D eigenvalue weighted by Crippen LogP contribution is 2.37. The number of benzene rings is 2. The molecule has 3 atom stereocenters. The molecule has 0 saturated carbocycles. The molecule has 1 N–H and O–H groups in total. The predicted octanol–water partition coefficient (Wildman–Crippen LogP) is 4.15. The van der Waals surface area contributed by atoms with Crippen molar-refractivity contribution in [3.05, 3.63) is 63.6 Å². The quantitative estimate of drug-likeness (QED) is 0.481. The lowest BCUT2D eigenvalue weighted by Gasteiger charge is -2.27. The molecule has 1 amide bonds. The molecule has 0 aromatic heterocycles. The van der Waals surface area contributed by atoms with Gasteiger partial charge >= 0.3 is 5.97 Å². The molecule has 6 nitrogen and oxygen atoms in total. The van der Waals surface area contributed by atoms with Gasteiger partial charge in [-0.15, -0.1) is 0 Å². The first-order valence-corrected chi connectivity index (χ1v) is 10.5. The molecule has 30 heavy (non-hydrogen) atoms. The standard InChI is InChI=1S/C22H23Cl2NO5/c1-3-11-25(21(27)19-20(30-19)22(28)29-4-2)17-10-9-13(23)12-15(17)18(26)14-7-5-6-8-16(14)24/h5-10,12,18-20,26H,3-4,11H2,1-2H3/t18?,19-,20-/m0/s1. The molecule has 1 fully saturated rings. The van der Waals surface area contributed by atoms with Crippen LogP contribution in [0.1, 0.15) is 37.5 Å². The van der Waals surface area contributed by atoms with Gasteiger partial charge in [0, 0.05) is 33.4 Å². The van der Waals surface area contributed by atoms with E-state index < -0.39 is 24.3 Å². The van der Waals surface area contributed by atoms with Crippen molar-refractivity contribution in [2.45, 2.75) is 38.6 Å². The fourth-order valence-corrected chi connectivity index (χ4v) is 3.70. The number of hydrogen-bond donors (Lipinski definition) is 1. The maximum Gasteiger partial charge on any atom is 0.338 e. The van der Waals surface area contributed by atoms with Gasteiger partial charge in [0.25, 0.3) is 5.91 Å². The smallest absolute Gasteiger partial charge is 0.338 e. The van der Waals surface area contributed by atoms with E-state index >= 15 is 0 Å². The molecule has 1 unspecified atom stereocenters. The third-order valence-corrected chi connectivity index (χ3v) is 5.32. The minimum absolute atomic E-state index is 0.212. The lowest BCUT2D eigenvalue weighted by Crippen LogP contribution is -2.37. The number of aliphatic hydroxyl groups excluding tert-OH is 1. The van der Waals surface area contributed by atoms with Crippen molar-refractivity contribution in [3.63, 3.8) is 0 Å². The van der Waals surface area contributed by atoms with E-state index in [1.54, 1.807) is 49.4 Å². The van der Waals surface area contributed by atoms with Gasteiger partial charge < -0.3 is 19.5 Å². The first kappa shape index (κ1) is 22.6. The van der Waals surface area contributed by atoms with E-state index in [4.69, 9.17) is 32.7 Å². The average Bonchev–Trinajstić information content (AvgIpc) is 3.53. The number of amides is 1. The highest BCUT2D eigenvalue weighted by Gasteiger charge is 2.53. The number of epoxide rings is 1. The molecule has 0 radical (unpaired) electrons. The van der Waals surface area contributed by atoms with Crippen LogP contribution in [0.4, 0.5) is 5.69 Å². The normalized spacial score (nSPS) is 18.6. The fourth-order valence-electron chi connectivity index (χ4n) is 3.28. The van der Waals surface area contributed by atoms with Crippen molar-refractivity contribution in [1.29, 1.82) is 0 Å². The molecule has 1 heterocycles. The monoisotopic (exact) mass is 451 g/mol. The van der Waals surface area contributed by atoms with Crippen LogP contribution >= 0.6 is 23.2 Å². The lowest BCUT2D eigenvalue weighted by molar-refractivity contribution is -0.144. The van der Waals surface area contributed by atoms with Gasteiger partial charge in [0.1, 0.15) is 6.10 Å². The number of nitrogens with zero attached hydrogens (tertiary/aromatic N) is 1. The number of carbonyl (C=O) groups is 2. The van der Waals surface area contributed by atoms with E-state index in [9.17, 15) is 14.7 Å². The van der Waals surface area contributed by atoms with Crippen LogP contribution in [0.25, 0.3) is 0 Å². The summed E-state index contributed by atoms with van der Waals surface area (Å²) >= 11 is 12.5. The van der Waals surface area contributed by atoms with E-state index in [-0.39, 0.29) is 12.5 Å². The molecule has 2 aromatic carbocycles. The summed E-state index contributed by atoms with van der Waals surface area (Å²) in [6.07, 6.45) is -2.24. The molecule has 8 heteroatoms. The van der Waals surface area contributed by atoms with Gasteiger partial charge in [-0.2, -0.15) is 0 Å². The van der Waals surface area contributed by atoms with Crippen LogP contribution < -0.4 is 4.90 Å². The minimum atomic E-state index is -1.10. The number of aliphatic hydroxyl groups is 1. The zero-order valence-corrected chi connectivity index (χ0v) is 18.2. The molecule has 0 bridgehead atoms. The molecule has 1 aliphatic rings. The Morgan fingerprint density at radius 3 is 2.53 bits per heavy atom. The Morgan fingerprint density at radius 1 is 1.13 bits per heavy atom. The summed E-state index contributed by atoms with van der Waals surface area (Å²) in [5.41, 5.74) is 1.42. The molecule has 2 aromatic rings. The van der Waals surface area contributed by atoms with E-state index in [2.05, 4.69) is 0 Å². The van der Waals surface area contributed by atoms with Crippen molar-refractivity contribution >= 4 is 40.8 Å². The number of ether oxygens (including phenoxy) is 2. The van der Waals surface area contributed by atoms with Crippen LogP contribution in [-0.4, -0.2) is 42.3 Å². The second-order valence-corrected chi connectivity index (χ2v) is 7.69. The summed E-state index contributed by atoms with van der Waals surface area (Å²) < 4.78 is 10.2. The van der Waals surface area contributed by atoms with Crippen LogP contribution in [0.15, 0.2) is 42.5 Å². The molecule has 3 rings (SSSR count). The van der Waals surface area contributed by atoms with Gasteiger partial charge in [0.15, 0.2) is 12.2 Å². The highest BCUT2D eigenvalue weighted by molar-refractivity contribution is 6.31. The number of rotatable bonds is 8. The molecular formula is C22H23Cl2NO5. The van der Waals surface area contributed by atoms with E-state index in [0.29, 0.717) is 39.8 Å². The van der Waals surface area contributed by atoms with Gasteiger partial charge in [0.2, 0.25) is 0 Å². The Morgan fingerprint density at radius 2 is 1.87 bits per heavy atom. The maximum atomic E-state index is 13.1. The first-order chi connectivity index (χ1) is 14.4. The van der Waals surface area contributed by atoms with Crippen molar-refractivity contribution in [1.82, 2.24) is 0 Å². The molecule has 1 aliphatic heterocycles. The Balaban J connectivity index is 1.95. The number of halogens is 2. The zero-order chi connectivity index (χ0) is 21.8. The van der Waals surface area contributed by atoms with Gasteiger partial charge in [-0.05, 0) is 37.6 Å². The van der Waals surface area contributed by atoms with Crippen molar-refractivity contribution in [2.24, 2.45) is 0 Å². The number of carbonyl (C=O) groups excluding carboxylic acids is 2. The van der Waals surface area contributed by atoms with Gasteiger partial charge in [-0.1, -0.05) is 48.3 Å². The number of hydrogen-bond acceptors (Lipinski definition) is 5. The number of anilines is 1. The molecular weight excluding hydrogens is 429 g/mol. The molecule has 0 aliphatic carbocycles. The second kappa shape index (κ2) is 9.79. The average molecular weight is 452 g/mol. The predicted molar refractivity (Wildman–Crippen MR) is 115 cm³/mol. The fraction of sp³-hybridized carbons (Fsp3) is 0.364. The molecule has 160 valence electrons. The van der Waals surface area contributed by atoms with Gasteiger partial charge in [0.05, 0.1) is 6.61 Å². The Kier molecular flexibility index (Phi) is 7.36. The molecule has 1 saturated heterocycles. The van der Waals surface area contributed by atoms with Crippen molar-refractivity contribution in [3.8, 4) is 0 Å². The third-order valence-electron chi connectivity index (χ3n) is 4.74. The van der Waals surface area contributed by atoms with Crippen LogP contribution in [0.5, 0.6) is 0 Å². The summed E-state index contributed by atoms with van der Waals surface area (Å²) in [6, 6.07) is 11.9. The Hall–Kier alpha value is -2.12. The van der Waals surface area contributed by atoms with E-state index in [1.807, 2.05) is 6.92 Å². The summed E-state index contributed by atoms with van der Waals surface area (Å²) in [5.74, 6) is -0.926. The summed E-state index contributed by atoms with van der Waals surface area (Å²) in [4.78, 5) is 26.5. The highest BCUT2D eigenvalue weighted by atomic mass is 35.5. The largest absolute Gasteiger partial charge is 0.464 e. The lowest BCUT2D eigenvalue weighted by atomic mass is 9.98. The molecule has 0 spiro atoms. The van der Waals surface area contributed by atoms with Crippen molar-refractivity contribution in [2.75, 3.05) is 18.1 Å². The van der Waals surface area contributed by atoms with Crippen LogP contribution in [0.2, 0.25) is 10.0 Å². The van der Waals surface area contributed by atoms with E-state index in [1.165, 1.54) is 4.90 Å². The van der Waals surface area contributed by atoms with E-state index in [0.717, 1.165) is 0 Å². The van der Waals surface area contributed by atoms with Crippen LogP contribution in [0.3, 0.4) is 0 Å². The second-order valence-electron chi connectivity index (χ2n) is 6.85. The van der Waals surface area contributed by atoms with Crippen LogP contribution in [0, 0.1) is 0 Å². The van der Waals surface area contributed by atoms with Gasteiger partial charge in [-0.25, -0.2) is 4.79 Å². The third kappa shape index (κ3) is 4.78. The Bertz CT molecular complexity index is 935. The minimum Gasteiger partial charge on any atom is -0.464 e. The topological polar surface area (TPSA) is 79.4 Å². The summed E-state index contributed by atoms with van der Waals surface area (Å²) in [5, 5.41) is 11.9. The van der Waals surface area contributed by atoms with Crippen LogP contribution in [-0.2, 0) is 19.1 Å². The number of esters is 1. The Labute approximate surface area is 185 Å². The SMILES string of the molecule is CCCN(C(=O)[C@H]1O[C@@H]1C(=O)OCC)c1ccc(Cl)cc1C(O)c1ccccc1Cl. The summed E-state index contributed by atoms with van der Waals surface area (Å²) in [7, 11) is 0. The van der Waals surface area contributed by atoms with Gasteiger partial charge in [-0.3, -0.25) is 4.79 Å². The van der Waals surface area contributed by atoms with Crippen molar-refractivity contribution < 1.29 is 24.2 Å². The first-order valence-electron chi connectivity index (χ1n) is 9.74. The summed E-state index contributed by atoms with van der Waals surface area (Å²) in [6.45, 7) is 4.20.